The number of aliphatic imine (C=N–C) groups is 1. The zero-order chi connectivity index (χ0) is 18.6. The van der Waals surface area contributed by atoms with Crippen molar-refractivity contribution in [3.05, 3.63) is 24.2 Å². The minimum atomic E-state index is 0.320. The van der Waals surface area contributed by atoms with E-state index < -0.39 is 0 Å². The molecular formula is C20H37N5. The Morgan fingerprint density at radius 1 is 1.36 bits per heavy atom. The van der Waals surface area contributed by atoms with Gasteiger partial charge in [-0.1, -0.05) is 27.4 Å². The smallest absolute Gasteiger partial charge is 0.132 e. The van der Waals surface area contributed by atoms with Crippen LogP contribution in [-0.4, -0.2) is 54.9 Å². The summed E-state index contributed by atoms with van der Waals surface area (Å²) >= 11 is 0. The second-order valence-corrected chi connectivity index (χ2v) is 8.87. The molecule has 2 saturated heterocycles. The zero-order valence-corrected chi connectivity index (χ0v) is 16.8. The number of nitrogens with two attached hydrogens (primary N) is 1. The third kappa shape index (κ3) is 6.07. The molecule has 25 heavy (non-hydrogen) atoms. The van der Waals surface area contributed by atoms with Gasteiger partial charge in [0.05, 0.1) is 5.84 Å². The molecule has 2 fully saturated rings. The third-order valence-electron chi connectivity index (χ3n) is 5.20. The van der Waals surface area contributed by atoms with Crippen LogP contribution in [0.2, 0.25) is 0 Å². The number of fused-ring (bicyclic) bond motifs is 1. The number of hydrogen-bond donors (Lipinski definition) is 2. The molecule has 2 rings (SSSR count). The summed E-state index contributed by atoms with van der Waals surface area (Å²) in [5.74, 6) is 2.27. The highest BCUT2D eigenvalue weighted by Crippen LogP contribution is 2.32. The first-order chi connectivity index (χ1) is 11.7. The fraction of sp³-hybridized carbons (Fsp3) is 0.750. The molecule has 0 bridgehead atoms. The van der Waals surface area contributed by atoms with Crippen LogP contribution < -0.4 is 11.1 Å². The van der Waals surface area contributed by atoms with Crippen LogP contribution in [0.4, 0.5) is 0 Å². The van der Waals surface area contributed by atoms with Crippen LogP contribution in [-0.2, 0) is 0 Å². The summed E-state index contributed by atoms with van der Waals surface area (Å²) in [5.41, 5.74) is 7.12. The van der Waals surface area contributed by atoms with E-state index in [0.717, 1.165) is 43.5 Å². The molecule has 0 aliphatic carbocycles. The number of amidine groups is 1. The first-order valence-corrected chi connectivity index (χ1v) is 9.56. The summed E-state index contributed by atoms with van der Waals surface area (Å²) in [4.78, 5) is 9.48. The zero-order valence-electron chi connectivity index (χ0n) is 16.8. The topological polar surface area (TPSA) is 56.9 Å². The first kappa shape index (κ1) is 19.8. The second-order valence-electron chi connectivity index (χ2n) is 8.87. The summed E-state index contributed by atoms with van der Waals surface area (Å²) in [7, 11) is 2.24. The Labute approximate surface area is 154 Å². The van der Waals surface area contributed by atoms with Gasteiger partial charge in [0.1, 0.15) is 5.82 Å². The van der Waals surface area contributed by atoms with Gasteiger partial charge >= 0.3 is 0 Å². The van der Waals surface area contributed by atoms with Crippen molar-refractivity contribution in [2.45, 2.75) is 53.0 Å². The summed E-state index contributed by atoms with van der Waals surface area (Å²) in [6, 6.07) is 0.632. The van der Waals surface area contributed by atoms with Crippen LogP contribution in [0.1, 0.15) is 47.0 Å². The summed E-state index contributed by atoms with van der Waals surface area (Å²) in [6.45, 7) is 17.0. The summed E-state index contributed by atoms with van der Waals surface area (Å²) in [5, 5.41) is 3.42. The van der Waals surface area contributed by atoms with E-state index in [1.54, 1.807) is 0 Å². The van der Waals surface area contributed by atoms with Crippen LogP contribution in [0, 0.1) is 11.3 Å². The highest BCUT2D eigenvalue weighted by atomic mass is 15.3. The van der Waals surface area contributed by atoms with Crippen molar-refractivity contribution in [2.75, 3.05) is 33.2 Å². The van der Waals surface area contributed by atoms with E-state index in [1.165, 1.54) is 19.4 Å². The van der Waals surface area contributed by atoms with Crippen molar-refractivity contribution in [1.82, 2.24) is 15.1 Å². The monoisotopic (exact) mass is 347 g/mol. The number of nitrogens with zero attached hydrogens (tertiary/aromatic N) is 3. The SMILES string of the molecule is C=C(/C=C(\N=C(/C)N)N1CC2CCCN(C)C2C1)NCCC(C)(C)C. The molecule has 0 aromatic carbocycles. The van der Waals surface area contributed by atoms with Gasteiger partial charge in [-0.25, -0.2) is 4.99 Å². The lowest BCUT2D eigenvalue weighted by molar-refractivity contribution is 0.157. The van der Waals surface area contributed by atoms with Crippen LogP contribution in [0.5, 0.6) is 0 Å². The molecule has 5 heteroatoms. The van der Waals surface area contributed by atoms with E-state index in [1.807, 2.05) is 6.92 Å². The van der Waals surface area contributed by atoms with Crippen molar-refractivity contribution < 1.29 is 0 Å². The molecule has 5 nitrogen and oxygen atoms in total. The first-order valence-electron chi connectivity index (χ1n) is 9.56. The number of nitrogens with one attached hydrogen (secondary N) is 1. The molecule has 0 aromatic rings. The number of hydrogen-bond acceptors (Lipinski definition) is 4. The molecule has 0 spiro atoms. The molecule has 142 valence electrons. The van der Waals surface area contributed by atoms with Crippen molar-refractivity contribution in [1.29, 1.82) is 0 Å². The van der Waals surface area contributed by atoms with E-state index in [-0.39, 0.29) is 0 Å². The third-order valence-corrected chi connectivity index (χ3v) is 5.20. The van der Waals surface area contributed by atoms with Crippen molar-refractivity contribution in [2.24, 2.45) is 22.1 Å². The highest BCUT2D eigenvalue weighted by molar-refractivity contribution is 5.78. The molecule has 0 amide bonds. The number of rotatable bonds is 6. The fourth-order valence-corrected chi connectivity index (χ4v) is 3.77. The molecule has 2 atom stereocenters. The van der Waals surface area contributed by atoms with Crippen molar-refractivity contribution in [3.8, 4) is 0 Å². The maximum absolute atomic E-state index is 5.89. The molecule has 2 unspecified atom stereocenters. The Bertz CT molecular complexity index is 525. The molecule has 3 N–H and O–H groups in total. The van der Waals surface area contributed by atoms with E-state index in [9.17, 15) is 0 Å². The van der Waals surface area contributed by atoms with E-state index in [4.69, 9.17) is 5.73 Å². The van der Waals surface area contributed by atoms with Gasteiger partial charge in [-0.05, 0) is 51.1 Å². The van der Waals surface area contributed by atoms with Crippen molar-refractivity contribution in [3.63, 3.8) is 0 Å². The summed E-state index contributed by atoms with van der Waals surface area (Å²) < 4.78 is 0. The fourth-order valence-electron chi connectivity index (χ4n) is 3.77. The molecule has 2 heterocycles. The van der Waals surface area contributed by atoms with Gasteiger partial charge in [-0.3, -0.25) is 0 Å². The molecule has 2 aliphatic heterocycles. The minimum Gasteiger partial charge on any atom is -0.387 e. The Balaban J connectivity index is 2.03. The van der Waals surface area contributed by atoms with Crippen LogP contribution in [0.3, 0.4) is 0 Å². The normalized spacial score (nSPS) is 25.9. The number of likely N-dealkylation sites (N-methyl/N-ethyl adjacent to an activating group) is 1. The highest BCUT2D eigenvalue weighted by Gasteiger charge is 2.38. The van der Waals surface area contributed by atoms with Gasteiger partial charge in [0.15, 0.2) is 0 Å². The quantitative estimate of drug-likeness (QED) is 0.441. The van der Waals surface area contributed by atoms with Crippen LogP contribution >= 0.6 is 0 Å². The Kier molecular flexibility index (Phi) is 6.55. The Morgan fingerprint density at radius 3 is 2.68 bits per heavy atom. The predicted octanol–water partition coefficient (Wildman–Crippen LogP) is 2.77. The van der Waals surface area contributed by atoms with Crippen molar-refractivity contribution >= 4 is 5.84 Å². The molecule has 2 aliphatic rings. The second kappa shape index (κ2) is 8.26. The van der Waals surface area contributed by atoms with Gasteiger partial charge in [0, 0.05) is 37.4 Å². The Morgan fingerprint density at radius 2 is 2.08 bits per heavy atom. The van der Waals surface area contributed by atoms with Crippen LogP contribution in [0.25, 0.3) is 0 Å². The largest absolute Gasteiger partial charge is 0.387 e. The lowest BCUT2D eigenvalue weighted by Crippen LogP contribution is -2.42. The van der Waals surface area contributed by atoms with E-state index >= 15 is 0 Å². The molecule has 0 saturated carbocycles. The lowest BCUT2D eigenvalue weighted by atomic mass is 9.92. The average molecular weight is 348 g/mol. The molecule has 0 radical (unpaired) electrons. The van der Waals surface area contributed by atoms with Gasteiger partial charge < -0.3 is 20.9 Å². The Hall–Kier alpha value is -1.49. The maximum Gasteiger partial charge on any atom is 0.132 e. The number of piperidine rings is 1. The minimum absolute atomic E-state index is 0.320. The van der Waals surface area contributed by atoms with Gasteiger partial charge in [0.2, 0.25) is 0 Å². The maximum atomic E-state index is 5.89. The lowest BCUT2D eigenvalue weighted by Gasteiger charge is -2.33. The average Bonchev–Trinajstić information content (AvgIpc) is 2.90. The standard InChI is InChI=1S/C20H37N5/c1-15(22-10-9-20(3,4)5)12-19(23-16(2)21)25-13-17-8-7-11-24(6)18(17)14-25/h12,17-18,22H,1,7-11,13-14H2,2-6H3,(H2,21,23)/b19-12+. The van der Waals surface area contributed by atoms with Gasteiger partial charge in [0.25, 0.3) is 0 Å². The molecular weight excluding hydrogens is 310 g/mol. The van der Waals surface area contributed by atoms with E-state index in [0.29, 0.717) is 17.3 Å². The summed E-state index contributed by atoms with van der Waals surface area (Å²) in [6.07, 6.45) is 5.77. The van der Waals surface area contributed by atoms with Gasteiger partial charge in [-0.2, -0.15) is 0 Å². The van der Waals surface area contributed by atoms with Gasteiger partial charge in [-0.15, -0.1) is 0 Å². The molecule has 0 aromatic heterocycles. The number of allylic oxidation sites excluding steroid dienone is 1. The van der Waals surface area contributed by atoms with E-state index in [2.05, 4.69) is 60.6 Å². The number of likely N-dealkylation sites (tertiary alicyclic amines) is 2. The predicted molar refractivity (Wildman–Crippen MR) is 107 cm³/mol. The van der Waals surface area contributed by atoms with Crippen LogP contribution in [0.15, 0.2) is 29.2 Å².